The molecule has 2 heterocycles. The van der Waals surface area contributed by atoms with Crippen LogP contribution >= 0.6 is 0 Å². The van der Waals surface area contributed by atoms with E-state index in [1.54, 1.807) is 0 Å². The van der Waals surface area contributed by atoms with Gasteiger partial charge in [0.1, 0.15) is 11.5 Å². The zero-order chi connectivity index (χ0) is 16.2. The average Bonchev–Trinajstić information content (AvgIpc) is 3.24. The monoisotopic (exact) mass is 337 g/mol. The lowest BCUT2D eigenvalue weighted by molar-refractivity contribution is 0.103. The summed E-state index contributed by atoms with van der Waals surface area (Å²) in [7, 11) is -3.79. The highest BCUT2D eigenvalue weighted by molar-refractivity contribution is 7.91. The highest BCUT2D eigenvalue weighted by atomic mass is 32.2. The molecule has 0 radical (unpaired) electrons. The summed E-state index contributed by atoms with van der Waals surface area (Å²) in [6.45, 7) is -0.134. The minimum Gasteiger partial charge on any atom is -0.488 e. The summed E-state index contributed by atoms with van der Waals surface area (Å²) in [6.07, 6.45) is 3.08. The fraction of sp³-hybridized carbons (Fsp3) is 0.333. The maximum absolute atomic E-state index is 13.9. The van der Waals surface area contributed by atoms with Crippen LogP contribution in [0.1, 0.15) is 40.4 Å². The number of benzene rings is 1. The summed E-state index contributed by atoms with van der Waals surface area (Å²) in [6, 6.07) is 2.21. The van der Waals surface area contributed by atoms with Crippen molar-refractivity contribution in [2.24, 2.45) is 0 Å². The zero-order valence-corrected chi connectivity index (χ0v) is 12.7. The molecule has 1 saturated carbocycles. The van der Waals surface area contributed by atoms with Crippen molar-refractivity contribution in [2.75, 3.05) is 12.4 Å². The molecule has 1 aliphatic carbocycles. The number of sulfone groups is 1. The van der Waals surface area contributed by atoms with Gasteiger partial charge in [0.05, 0.1) is 17.5 Å². The van der Waals surface area contributed by atoms with Crippen molar-refractivity contribution < 1.29 is 26.9 Å². The number of halogens is 1. The van der Waals surface area contributed by atoms with Gasteiger partial charge < -0.3 is 9.26 Å². The first-order chi connectivity index (χ1) is 11.0. The largest absolute Gasteiger partial charge is 0.488 e. The van der Waals surface area contributed by atoms with Crippen LogP contribution in [0.25, 0.3) is 0 Å². The Hall–Kier alpha value is -2.22. The molecule has 1 aliphatic heterocycles. The van der Waals surface area contributed by atoms with E-state index in [-0.39, 0.29) is 40.0 Å². The van der Waals surface area contributed by atoms with Crippen LogP contribution in [0.5, 0.6) is 5.75 Å². The van der Waals surface area contributed by atoms with Crippen LogP contribution in [0.4, 0.5) is 4.39 Å². The van der Waals surface area contributed by atoms with Crippen LogP contribution in [0.2, 0.25) is 0 Å². The van der Waals surface area contributed by atoms with Crippen molar-refractivity contribution >= 4 is 15.6 Å². The van der Waals surface area contributed by atoms with Crippen molar-refractivity contribution in [2.45, 2.75) is 23.7 Å². The lowest BCUT2D eigenvalue weighted by atomic mass is 10.0. The number of hydrogen-bond acceptors (Lipinski definition) is 6. The quantitative estimate of drug-likeness (QED) is 0.797. The van der Waals surface area contributed by atoms with Crippen LogP contribution in [0, 0.1) is 5.82 Å². The van der Waals surface area contributed by atoms with Gasteiger partial charge in [0.2, 0.25) is 0 Å². The Bertz CT molecular complexity index is 914. The first-order valence-corrected chi connectivity index (χ1v) is 8.81. The fourth-order valence-corrected chi connectivity index (χ4v) is 4.16. The fourth-order valence-electron chi connectivity index (χ4n) is 2.72. The first-order valence-electron chi connectivity index (χ1n) is 7.16. The molecule has 120 valence electrons. The number of hydrogen-bond donors (Lipinski definition) is 0. The van der Waals surface area contributed by atoms with Crippen molar-refractivity contribution in [1.29, 1.82) is 0 Å². The van der Waals surface area contributed by atoms with Gasteiger partial charge in [-0.05, 0) is 25.0 Å². The van der Waals surface area contributed by atoms with E-state index in [4.69, 9.17) is 9.26 Å². The second kappa shape index (κ2) is 4.89. The molecule has 0 amide bonds. The minimum atomic E-state index is -3.79. The first kappa shape index (κ1) is 14.4. The van der Waals surface area contributed by atoms with Gasteiger partial charge in [-0.1, -0.05) is 5.16 Å². The molecule has 6 nitrogen and oxygen atoms in total. The third kappa shape index (κ3) is 2.24. The van der Waals surface area contributed by atoms with Crippen molar-refractivity contribution in [3.8, 4) is 5.75 Å². The molecule has 1 fully saturated rings. The molecule has 4 rings (SSSR count). The Balaban J connectivity index is 1.89. The Morgan fingerprint density at radius 2 is 2.04 bits per heavy atom. The molecular formula is C15H12FNO5S. The Morgan fingerprint density at radius 3 is 2.78 bits per heavy atom. The highest BCUT2D eigenvalue weighted by Crippen LogP contribution is 2.43. The Kier molecular flexibility index (Phi) is 3.06. The third-order valence-corrected chi connectivity index (χ3v) is 5.74. The van der Waals surface area contributed by atoms with Crippen LogP contribution in [-0.2, 0) is 9.84 Å². The van der Waals surface area contributed by atoms with Crippen molar-refractivity contribution in [3.63, 3.8) is 0 Å². The van der Waals surface area contributed by atoms with Crippen molar-refractivity contribution in [3.05, 3.63) is 41.0 Å². The van der Waals surface area contributed by atoms with Crippen LogP contribution in [0.3, 0.4) is 0 Å². The molecule has 2 aromatic rings. The van der Waals surface area contributed by atoms with E-state index in [1.807, 2.05) is 0 Å². The van der Waals surface area contributed by atoms with Gasteiger partial charge in [-0.15, -0.1) is 0 Å². The molecule has 0 N–H and O–H groups in total. The van der Waals surface area contributed by atoms with E-state index in [1.165, 1.54) is 12.3 Å². The summed E-state index contributed by atoms with van der Waals surface area (Å²) >= 11 is 0. The van der Waals surface area contributed by atoms with Gasteiger partial charge >= 0.3 is 0 Å². The molecule has 23 heavy (non-hydrogen) atoms. The second-order valence-electron chi connectivity index (χ2n) is 5.63. The Morgan fingerprint density at radius 1 is 1.26 bits per heavy atom. The van der Waals surface area contributed by atoms with E-state index in [9.17, 15) is 17.6 Å². The maximum Gasteiger partial charge on any atom is 0.199 e. The number of aromatic nitrogens is 1. The number of ketones is 1. The molecule has 1 aromatic carbocycles. The molecule has 0 saturated heterocycles. The van der Waals surface area contributed by atoms with Gasteiger partial charge in [0, 0.05) is 11.5 Å². The molecule has 0 spiro atoms. The normalized spacial score (nSPS) is 19.0. The number of fused-ring (bicyclic) bond motifs is 1. The minimum absolute atomic E-state index is 0.105. The third-order valence-electron chi connectivity index (χ3n) is 4.01. The molecule has 0 unspecified atom stereocenters. The van der Waals surface area contributed by atoms with Crippen LogP contribution in [-0.4, -0.2) is 31.7 Å². The number of rotatable bonds is 3. The van der Waals surface area contributed by atoms with Gasteiger partial charge in [-0.25, -0.2) is 12.8 Å². The summed E-state index contributed by atoms with van der Waals surface area (Å²) < 4.78 is 48.8. The molecule has 8 heteroatoms. The standard InChI is InChI=1S/C15H12FNO5S/c16-11-4-3-9(15-14(11)21-5-6-23(15,19)20)12(18)10-7-17-22-13(10)8-1-2-8/h3-4,7-8H,1-2,5-6H2. The van der Waals surface area contributed by atoms with E-state index in [2.05, 4.69) is 5.16 Å². The lowest BCUT2D eigenvalue weighted by Gasteiger charge is -2.20. The van der Waals surface area contributed by atoms with E-state index in [0.29, 0.717) is 5.76 Å². The summed E-state index contributed by atoms with van der Waals surface area (Å²) in [5.41, 5.74) is 0.119. The van der Waals surface area contributed by atoms with Gasteiger partial charge in [-0.3, -0.25) is 4.79 Å². The lowest BCUT2D eigenvalue weighted by Crippen LogP contribution is -2.25. The topological polar surface area (TPSA) is 86.5 Å². The van der Waals surface area contributed by atoms with Gasteiger partial charge in [-0.2, -0.15) is 0 Å². The van der Waals surface area contributed by atoms with Gasteiger partial charge in [0.25, 0.3) is 0 Å². The number of nitrogens with zero attached hydrogens (tertiary/aromatic N) is 1. The number of carbonyl (C=O) groups is 1. The molecular weight excluding hydrogens is 325 g/mol. The van der Waals surface area contributed by atoms with Gasteiger partial charge in [0.15, 0.2) is 32.9 Å². The predicted molar refractivity (Wildman–Crippen MR) is 75.9 cm³/mol. The van der Waals surface area contributed by atoms with E-state index < -0.39 is 21.4 Å². The highest BCUT2D eigenvalue weighted by Gasteiger charge is 2.37. The smallest absolute Gasteiger partial charge is 0.199 e. The SMILES string of the molecule is O=C(c1cnoc1C1CC1)c1ccc(F)c2c1S(=O)(=O)CCO2. The van der Waals surface area contributed by atoms with Crippen molar-refractivity contribution in [1.82, 2.24) is 5.16 Å². The molecule has 0 bridgehead atoms. The molecule has 0 atom stereocenters. The summed E-state index contributed by atoms with van der Waals surface area (Å²) in [4.78, 5) is 12.4. The average molecular weight is 337 g/mol. The van der Waals surface area contributed by atoms with E-state index >= 15 is 0 Å². The van der Waals surface area contributed by atoms with Crippen LogP contribution < -0.4 is 4.74 Å². The van der Waals surface area contributed by atoms with Crippen LogP contribution in [0.15, 0.2) is 27.7 Å². The number of carbonyl (C=O) groups excluding carboxylic acids is 1. The summed E-state index contributed by atoms with van der Waals surface area (Å²) in [5, 5.41) is 3.65. The van der Waals surface area contributed by atoms with E-state index in [0.717, 1.165) is 18.9 Å². The zero-order valence-electron chi connectivity index (χ0n) is 11.9. The molecule has 2 aliphatic rings. The maximum atomic E-state index is 13.9. The number of ether oxygens (including phenoxy) is 1. The predicted octanol–water partition coefficient (Wildman–Crippen LogP) is 2.09. The second-order valence-corrected chi connectivity index (χ2v) is 7.67. The Labute approximate surface area is 131 Å². The molecule has 1 aromatic heterocycles. The summed E-state index contributed by atoms with van der Waals surface area (Å²) in [5.74, 6) is -1.41.